The van der Waals surface area contributed by atoms with Gasteiger partial charge in [-0.25, -0.2) is 4.79 Å². The quantitative estimate of drug-likeness (QED) is 0.719. The summed E-state index contributed by atoms with van der Waals surface area (Å²) in [6, 6.07) is 2.30. The Bertz CT molecular complexity index is 527. The monoisotopic (exact) mass is 253 g/mol. The first-order valence-electron chi connectivity index (χ1n) is 6.14. The predicted molar refractivity (Wildman–Crippen MR) is 67.7 cm³/mol. The molecule has 4 nitrogen and oxygen atoms in total. The molecular formula is C12H16ClN3O. The van der Waals surface area contributed by atoms with E-state index in [1.807, 2.05) is 6.07 Å². The third kappa shape index (κ3) is 1.36. The molecule has 17 heavy (non-hydrogen) atoms. The molecule has 0 N–H and O–H groups in total. The number of hydrogen-bond donors (Lipinski definition) is 0. The van der Waals surface area contributed by atoms with Gasteiger partial charge in [0.15, 0.2) is 0 Å². The first-order valence-corrected chi connectivity index (χ1v) is 6.52. The average Bonchev–Trinajstić information content (AvgIpc) is 2.76. The molecule has 0 aromatic carbocycles. The summed E-state index contributed by atoms with van der Waals surface area (Å²) in [6.45, 7) is 5.16. The van der Waals surface area contributed by atoms with Crippen molar-refractivity contribution in [2.24, 2.45) is 0 Å². The Morgan fingerprint density at radius 3 is 3.12 bits per heavy atom. The Labute approximate surface area is 105 Å². The third-order valence-corrected chi connectivity index (χ3v) is 4.49. The summed E-state index contributed by atoms with van der Waals surface area (Å²) in [4.78, 5) is 18.1. The summed E-state index contributed by atoms with van der Waals surface area (Å²) in [7, 11) is 0. The highest BCUT2D eigenvalue weighted by Gasteiger charge is 2.49. The predicted octanol–water partition coefficient (Wildman–Crippen LogP) is 2.05. The molecule has 1 aromatic heterocycles. The van der Waals surface area contributed by atoms with Gasteiger partial charge in [-0.05, 0) is 26.2 Å². The summed E-state index contributed by atoms with van der Waals surface area (Å²) in [5.74, 6) is 0.946. The van der Waals surface area contributed by atoms with E-state index in [2.05, 4.69) is 23.7 Å². The average molecular weight is 254 g/mol. The second kappa shape index (κ2) is 3.48. The minimum Gasteiger partial charge on any atom is -0.348 e. The topological polar surface area (TPSA) is 38.1 Å². The second-order valence-electron chi connectivity index (χ2n) is 5.14. The molecule has 3 rings (SSSR count). The van der Waals surface area contributed by atoms with Gasteiger partial charge in [-0.3, -0.25) is 4.57 Å². The highest BCUT2D eigenvalue weighted by atomic mass is 35.5. The Kier molecular flexibility index (Phi) is 2.27. The van der Waals surface area contributed by atoms with Gasteiger partial charge < -0.3 is 4.90 Å². The number of hydrogen-bond acceptors (Lipinski definition) is 3. The fraction of sp³-hybridized carbons (Fsp3) is 0.667. The van der Waals surface area contributed by atoms with Crippen LogP contribution < -0.4 is 10.6 Å². The van der Waals surface area contributed by atoms with Crippen LogP contribution in [0.4, 0.5) is 5.82 Å². The molecular weight excluding hydrogens is 238 g/mol. The third-order valence-electron chi connectivity index (χ3n) is 4.29. The van der Waals surface area contributed by atoms with Gasteiger partial charge in [0.1, 0.15) is 11.0 Å². The van der Waals surface area contributed by atoms with Gasteiger partial charge in [0.2, 0.25) is 0 Å². The number of anilines is 1. The molecule has 0 spiro atoms. The van der Waals surface area contributed by atoms with Crippen LogP contribution in [0.5, 0.6) is 0 Å². The van der Waals surface area contributed by atoms with Crippen LogP contribution in [-0.2, 0) is 6.54 Å². The highest BCUT2D eigenvalue weighted by molar-refractivity contribution is 6.29. The molecule has 2 aliphatic rings. The van der Waals surface area contributed by atoms with Crippen molar-refractivity contribution in [2.75, 3.05) is 4.90 Å². The van der Waals surface area contributed by atoms with Crippen molar-refractivity contribution in [1.82, 2.24) is 9.55 Å². The van der Waals surface area contributed by atoms with E-state index in [-0.39, 0.29) is 11.2 Å². The number of halogens is 1. The van der Waals surface area contributed by atoms with Crippen molar-refractivity contribution >= 4 is 17.4 Å². The van der Waals surface area contributed by atoms with Crippen molar-refractivity contribution in [3.63, 3.8) is 0 Å². The summed E-state index contributed by atoms with van der Waals surface area (Å²) in [5, 5.41) is 0.298. The van der Waals surface area contributed by atoms with Gasteiger partial charge in [-0.1, -0.05) is 18.5 Å². The number of fused-ring (bicyclic) bond motifs is 3. The fourth-order valence-corrected chi connectivity index (χ4v) is 3.56. The molecule has 2 aliphatic heterocycles. The molecule has 1 saturated heterocycles. The molecule has 1 fully saturated rings. The molecule has 5 heteroatoms. The van der Waals surface area contributed by atoms with Crippen LogP contribution >= 0.6 is 11.6 Å². The standard InChI is InChI=1S/C12H16ClN3O/c1-3-12-5-4-8(2)16(12)10-6-9(13)14-11(17)15(10)7-12/h6,8H,3-5,7H2,1-2H3. The minimum absolute atomic E-state index is 0.109. The molecule has 0 amide bonds. The molecule has 0 saturated carbocycles. The van der Waals surface area contributed by atoms with E-state index in [4.69, 9.17) is 11.6 Å². The van der Waals surface area contributed by atoms with Gasteiger partial charge in [0, 0.05) is 12.1 Å². The van der Waals surface area contributed by atoms with Crippen LogP contribution in [0, 0.1) is 0 Å². The molecule has 2 unspecified atom stereocenters. The number of nitrogens with zero attached hydrogens (tertiary/aromatic N) is 3. The van der Waals surface area contributed by atoms with Crippen molar-refractivity contribution in [1.29, 1.82) is 0 Å². The number of aromatic nitrogens is 2. The van der Waals surface area contributed by atoms with Crippen molar-refractivity contribution in [2.45, 2.75) is 51.2 Å². The van der Waals surface area contributed by atoms with E-state index in [9.17, 15) is 4.79 Å². The maximum Gasteiger partial charge on any atom is 0.350 e. The first-order chi connectivity index (χ1) is 8.07. The van der Waals surface area contributed by atoms with Crippen LogP contribution in [0.2, 0.25) is 5.15 Å². The van der Waals surface area contributed by atoms with Gasteiger partial charge in [-0.15, -0.1) is 0 Å². The summed E-state index contributed by atoms with van der Waals surface area (Å²) in [5.41, 5.74) is -0.111. The fourth-order valence-electron chi connectivity index (χ4n) is 3.39. The zero-order valence-electron chi connectivity index (χ0n) is 10.1. The van der Waals surface area contributed by atoms with Crippen LogP contribution in [0.15, 0.2) is 10.9 Å². The molecule has 0 radical (unpaired) electrons. The van der Waals surface area contributed by atoms with E-state index in [0.717, 1.165) is 25.2 Å². The SMILES string of the molecule is CCC12CCC(C)N1c1cc(Cl)nc(=O)n1C2. The second-order valence-corrected chi connectivity index (χ2v) is 5.53. The smallest absolute Gasteiger partial charge is 0.348 e. The van der Waals surface area contributed by atoms with Crippen molar-refractivity contribution in [3.05, 3.63) is 21.7 Å². The van der Waals surface area contributed by atoms with Crippen LogP contribution in [0.25, 0.3) is 0 Å². The maximum atomic E-state index is 11.9. The van der Waals surface area contributed by atoms with E-state index in [1.54, 1.807) is 4.57 Å². The molecule has 3 heterocycles. The summed E-state index contributed by atoms with van der Waals surface area (Å²) in [6.07, 6.45) is 3.38. The lowest BCUT2D eigenvalue weighted by Crippen LogP contribution is -2.43. The molecule has 1 aromatic rings. The van der Waals surface area contributed by atoms with Gasteiger partial charge in [0.05, 0.1) is 12.1 Å². The van der Waals surface area contributed by atoms with Crippen LogP contribution in [0.1, 0.15) is 33.1 Å². The van der Waals surface area contributed by atoms with Crippen molar-refractivity contribution in [3.8, 4) is 0 Å². The largest absolute Gasteiger partial charge is 0.350 e. The Balaban J connectivity index is 2.20. The van der Waals surface area contributed by atoms with Crippen molar-refractivity contribution < 1.29 is 0 Å². The lowest BCUT2D eigenvalue weighted by molar-refractivity contribution is 0.388. The van der Waals surface area contributed by atoms with Gasteiger partial charge in [-0.2, -0.15) is 4.98 Å². The molecule has 0 bridgehead atoms. The lowest BCUT2D eigenvalue weighted by Gasteiger charge is -2.34. The van der Waals surface area contributed by atoms with E-state index < -0.39 is 0 Å². The molecule has 2 atom stereocenters. The minimum atomic E-state index is -0.220. The Hall–Kier alpha value is -1.03. The molecule has 92 valence electrons. The highest BCUT2D eigenvalue weighted by Crippen LogP contribution is 2.45. The normalized spacial score (nSPS) is 30.5. The summed E-state index contributed by atoms with van der Waals surface area (Å²) < 4.78 is 1.77. The van der Waals surface area contributed by atoms with E-state index in [0.29, 0.717) is 11.2 Å². The molecule has 0 aliphatic carbocycles. The Morgan fingerprint density at radius 1 is 1.65 bits per heavy atom. The maximum absolute atomic E-state index is 11.9. The van der Waals surface area contributed by atoms with E-state index >= 15 is 0 Å². The Morgan fingerprint density at radius 2 is 2.41 bits per heavy atom. The summed E-state index contributed by atoms with van der Waals surface area (Å²) >= 11 is 5.90. The van der Waals surface area contributed by atoms with Crippen LogP contribution in [0.3, 0.4) is 0 Å². The first kappa shape index (κ1) is 11.1. The lowest BCUT2D eigenvalue weighted by atomic mass is 9.94. The van der Waals surface area contributed by atoms with Gasteiger partial charge >= 0.3 is 5.69 Å². The van der Waals surface area contributed by atoms with Crippen LogP contribution in [-0.4, -0.2) is 21.1 Å². The van der Waals surface area contributed by atoms with Gasteiger partial charge in [0.25, 0.3) is 0 Å². The number of rotatable bonds is 1. The van der Waals surface area contributed by atoms with E-state index in [1.165, 1.54) is 6.42 Å². The zero-order valence-corrected chi connectivity index (χ0v) is 10.9. The zero-order chi connectivity index (χ0) is 12.2.